The minimum absolute atomic E-state index is 0.0260. The van der Waals surface area contributed by atoms with Crippen molar-refractivity contribution in [3.8, 4) is 5.75 Å². The molecule has 0 spiro atoms. The van der Waals surface area contributed by atoms with Crippen LogP contribution in [-0.4, -0.2) is 18.3 Å². The van der Waals surface area contributed by atoms with Gasteiger partial charge in [0.05, 0.1) is 10.8 Å². The molecule has 2 rings (SSSR count). The third-order valence-electron chi connectivity index (χ3n) is 2.62. The maximum Gasteiger partial charge on any atom is 0.387 e. The summed E-state index contributed by atoms with van der Waals surface area (Å²) in [5.41, 5.74) is 0.481. The number of anilines is 1. The maximum absolute atomic E-state index is 12.0. The quantitative estimate of drug-likeness (QED) is 0.691. The number of amides is 1. The van der Waals surface area contributed by atoms with Crippen molar-refractivity contribution in [1.29, 1.82) is 0 Å². The average molecular weight is 378 g/mol. The van der Waals surface area contributed by atoms with E-state index in [0.717, 1.165) is 0 Å². The monoisotopic (exact) mass is 377 g/mol. The molecule has 2 aromatic rings. The van der Waals surface area contributed by atoms with Crippen molar-refractivity contribution < 1.29 is 18.3 Å². The summed E-state index contributed by atoms with van der Waals surface area (Å²) in [7, 11) is 0. The van der Waals surface area contributed by atoms with E-state index < -0.39 is 6.61 Å². The van der Waals surface area contributed by atoms with Crippen molar-refractivity contribution in [3.05, 3.63) is 52.5 Å². The van der Waals surface area contributed by atoms with Crippen LogP contribution in [0.1, 0.15) is 0 Å². The summed E-state index contributed by atoms with van der Waals surface area (Å²) in [5, 5.41) is 3.70. The molecule has 0 heterocycles. The van der Waals surface area contributed by atoms with Crippen LogP contribution in [0.2, 0.25) is 10.0 Å². The van der Waals surface area contributed by atoms with Crippen LogP contribution in [0.25, 0.3) is 0 Å². The maximum atomic E-state index is 12.0. The normalized spacial score (nSPS) is 10.7. The second-order valence-corrected chi connectivity index (χ2v) is 6.18. The predicted octanol–water partition coefficient (Wildman–Crippen LogP) is 5.33. The van der Waals surface area contributed by atoms with Gasteiger partial charge in [0.25, 0.3) is 0 Å². The number of alkyl halides is 2. The predicted molar refractivity (Wildman–Crippen MR) is 88.9 cm³/mol. The van der Waals surface area contributed by atoms with Gasteiger partial charge in [0.2, 0.25) is 5.91 Å². The largest absolute Gasteiger partial charge is 0.435 e. The molecule has 0 fully saturated rings. The van der Waals surface area contributed by atoms with Crippen LogP contribution >= 0.6 is 35.0 Å². The van der Waals surface area contributed by atoms with Crippen molar-refractivity contribution in [2.45, 2.75) is 11.5 Å². The Morgan fingerprint density at radius 2 is 1.87 bits per heavy atom. The van der Waals surface area contributed by atoms with Crippen LogP contribution in [0.15, 0.2) is 47.4 Å². The fourth-order valence-corrected chi connectivity index (χ4v) is 2.94. The highest BCUT2D eigenvalue weighted by molar-refractivity contribution is 8.00. The molecular weight excluding hydrogens is 367 g/mol. The van der Waals surface area contributed by atoms with Gasteiger partial charge in [0, 0.05) is 15.6 Å². The molecule has 0 aromatic heterocycles. The zero-order chi connectivity index (χ0) is 16.8. The van der Waals surface area contributed by atoms with E-state index in [4.69, 9.17) is 23.2 Å². The summed E-state index contributed by atoms with van der Waals surface area (Å²) in [6, 6.07) is 10.7. The first kappa shape index (κ1) is 17.8. The fourth-order valence-electron chi connectivity index (χ4n) is 1.65. The van der Waals surface area contributed by atoms with Gasteiger partial charge in [-0.05, 0) is 42.5 Å². The van der Waals surface area contributed by atoms with E-state index in [1.807, 2.05) is 0 Å². The van der Waals surface area contributed by atoms with Gasteiger partial charge >= 0.3 is 6.61 Å². The summed E-state index contributed by atoms with van der Waals surface area (Å²) in [4.78, 5) is 12.6. The second kappa shape index (κ2) is 8.38. The number of nitrogens with one attached hydrogen (secondary N) is 1. The minimum Gasteiger partial charge on any atom is -0.435 e. The molecule has 1 N–H and O–H groups in total. The molecule has 3 nitrogen and oxygen atoms in total. The summed E-state index contributed by atoms with van der Waals surface area (Å²) >= 11 is 13.1. The van der Waals surface area contributed by atoms with Crippen LogP contribution in [0.5, 0.6) is 5.75 Å². The van der Waals surface area contributed by atoms with E-state index in [2.05, 4.69) is 10.1 Å². The van der Waals surface area contributed by atoms with Gasteiger partial charge < -0.3 is 10.1 Å². The van der Waals surface area contributed by atoms with Crippen LogP contribution < -0.4 is 10.1 Å². The lowest BCUT2D eigenvalue weighted by Gasteiger charge is -2.08. The molecule has 122 valence electrons. The van der Waals surface area contributed by atoms with Gasteiger partial charge in [0.1, 0.15) is 5.75 Å². The Morgan fingerprint density at radius 1 is 1.17 bits per heavy atom. The molecular formula is C15H11Cl2F2NO2S. The molecule has 1 amide bonds. The number of ether oxygens (including phenoxy) is 1. The lowest BCUT2D eigenvalue weighted by atomic mass is 10.3. The first-order chi connectivity index (χ1) is 10.9. The smallest absolute Gasteiger partial charge is 0.387 e. The summed E-state index contributed by atoms with van der Waals surface area (Å²) in [5.74, 6) is -0.0957. The molecule has 0 unspecified atom stereocenters. The van der Waals surface area contributed by atoms with E-state index in [0.29, 0.717) is 20.6 Å². The summed E-state index contributed by atoms with van der Waals surface area (Å²) < 4.78 is 28.3. The third kappa shape index (κ3) is 5.89. The van der Waals surface area contributed by atoms with Gasteiger partial charge in [-0.2, -0.15) is 8.78 Å². The van der Waals surface area contributed by atoms with Gasteiger partial charge in [0.15, 0.2) is 0 Å². The van der Waals surface area contributed by atoms with Crippen LogP contribution in [0.3, 0.4) is 0 Å². The number of hydrogen-bond donors (Lipinski definition) is 1. The SMILES string of the molecule is O=C(CSc1cc(Cl)ccc1Cl)Nc1ccc(OC(F)F)cc1. The highest BCUT2D eigenvalue weighted by Gasteiger charge is 2.08. The highest BCUT2D eigenvalue weighted by Crippen LogP contribution is 2.30. The molecule has 0 aliphatic rings. The number of halogens is 4. The van der Waals surface area contributed by atoms with Crippen LogP contribution in [0.4, 0.5) is 14.5 Å². The molecule has 2 aromatic carbocycles. The Morgan fingerprint density at radius 3 is 2.52 bits per heavy atom. The molecule has 0 radical (unpaired) electrons. The lowest BCUT2D eigenvalue weighted by Crippen LogP contribution is -2.14. The standard InChI is InChI=1S/C15H11Cl2F2NO2S/c16-9-1-6-12(17)13(7-9)23-8-14(21)20-10-2-4-11(5-3-10)22-15(18)19/h1-7,15H,8H2,(H,20,21). The first-order valence-electron chi connectivity index (χ1n) is 6.36. The van der Waals surface area contributed by atoms with E-state index in [1.165, 1.54) is 36.0 Å². The van der Waals surface area contributed by atoms with Crippen LogP contribution in [-0.2, 0) is 4.79 Å². The average Bonchev–Trinajstić information content (AvgIpc) is 2.50. The van der Waals surface area contributed by atoms with Gasteiger partial charge in [-0.15, -0.1) is 11.8 Å². The van der Waals surface area contributed by atoms with E-state index in [1.54, 1.807) is 18.2 Å². The zero-order valence-electron chi connectivity index (χ0n) is 11.6. The van der Waals surface area contributed by atoms with Crippen molar-refractivity contribution in [2.24, 2.45) is 0 Å². The first-order valence-corrected chi connectivity index (χ1v) is 8.11. The van der Waals surface area contributed by atoms with Gasteiger partial charge in [-0.3, -0.25) is 4.79 Å². The minimum atomic E-state index is -2.88. The zero-order valence-corrected chi connectivity index (χ0v) is 13.9. The molecule has 8 heteroatoms. The topological polar surface area (TPSA) is 38.3 Å². The molecule has 0 saturated heterocycles. The summed E-state index contributed by atoms with van der Waals surface area (Å²) in [6.07, 6.45) is 0. The summed E-state index contributed by atoms with van der Waals surface area (Å²) in [6.45, 7) is -2.88. The molecule has 0 aliphatic carbocycles. The third-order valence-corrected chi connectivity index (χ3v) is 4.35. The Labute approximate surface area is 145 Å². The Bertz CT molecular complexity index is 684. The number of hydrogen-bond acceptors (Lipinski definition) is 3. The van der Waals surface area contributed by atoms with Crippen LogP contribution in [0, 0.1) is 0 Å². The van der Waals surface area contributed by atoms with E-state index >= 15 is 0 Å². The number of rotatable bonds is 6. The van der Waals surface area contributed by atoms with Crippen molar-refractivity contribution >= 4 is 46.6 Å². The number of carbonyl (C=O) groups is 1. The molecule has 0 bridgehead atoms. The Hall–Kier alpha value is -1.50. The Balaban J connectivity index is 1.88. The van der Waals surface area contributed by atoms with E-state index in [-0.39, 0.29) is 17.4 Å². The molecule has 0 saturated carbocycles. The van der Waals surface area contributed by atoms with Crippen molar-refractivity contribution in [1.82, 2.24) is 0 Å². The molecule has 0 aliphatic heterocycles. The van der Waals surface area contributed by atoms with Crippen molar-refractivity contribution in [3.63, 3.8) is 0 Å². The fraction of sp³-hybridized carbons (Fsp3) is 0.133. The number of benzene rings is 2. The van der Waals surface area contributed by atoms with Gasteiger partial charge in [-0.1, -0.05) is 23.2 Å². The molecule has 23 heavy (non-hydrogen) atoms. The number of thioether (sulfide) groups is 1. The Kier molecular flexibility index (Phi) is 6.50. The van der Waals surface area contributed by atoms with Gasteiger partial charge in [-0.25, -0.2) is 0 Å². The second-order valence-electron chi connectivity index (χ2n) is 4.31. The number of carbonyl (C=O) groups excluding carboxylic acids is 1. The molecule has 0 atom stereocenters. The highest BCUT2D eigenvalue weighted by atomic mass is 35.5. The van der Waals surface area contributed by atoms with Crippen molar-refractivity contribution in [2.75, 3.05) is 11.1 Å². The lowest BCUT2D eigenvalue weighted by molar-refractivity contribution is -0.113. The van der Waals surface area contributed by atoms with E-state index in [9.17, 15) is 13.6 Å².